The van der Waals surface area contributed by atoms with Gasteiger partial charge >= 0.3 is 5.97 Å². The third-order valence-electron chi connectivity index (χ3n) is 5.21. The molecule has 1 N–H and O–H groups in total. The minimum Gasteiger partial charge on any atom is -0.458 e. The van der Waals surface area contributed by atoms with Gasteiger partial charge in [-0.1, -0.05) is 55.4 Å². The van der Waals surface area contributed by atoms with Gasteiger partial charge in [0.05, 0.1) is 5.57 Å². The van der Waals surface area contributed by atoms with E-state index >= 15 is 0 Å². The Balaban J connectivity index is 1.82. The normalized spacial score (nSPS) is 15.3. The van der Waals surface area contributed by atoms with Crippen LogP contribution >= 0.6 is 11.6 Å². The Kier molecular flexibility index (Phi) is 5.91. The minimum absolute atomic E-state index is 0.136. The average molecular weight is 435 g/mol. The third-order valence-corrected chi connectivity index (χ3v) is 5.46. The van der Waals surface area contributed by atoms with Gasteiger partial charge in [0.25, 0.3) is 0 Å². The second-order valence-corrected chi connectivity index (χ2v) is 7.70. The van der Waals surface area contributed by atoms with Gasteiger partial charge in [-0.3, -0.25) is 0 Å². The number of fused-ring (bicyclic) bond motifs is 1. The number of benzene rings is 2. The molecule has 1 atom stereocenters. The fourth-order valence-electron chi connectivity index (χ4n) is 3.59. The Hall–Kier alpha value is -3.38. The van der Waals surface area contributed by atoms with Crippen LogP contribution in [0, 0.1) is 0 Å². The molecule has 1 aliphatic heterocycles. The molecule has 4 rings (SSSR count). The molecule has 0 amide bonds. The Morgan fingerprint density at radius 3 is 2.58 bits per heavy atom. The van der Waals surface area contributed by atoms with E-state index in [-0.39, 0.29) is 6.61 Å². The number of anilines is 1. The molecule has 0 saturated carbocycles. The SMILES string of the molecule is C=CCOC(=O)C1=C(C)Nc2nc(-c3ccc(Cl)cc3)nn2C1c1ccc(CC)cc1. The number of carbonyl (C=O) groups is 1. The highest BCUT2D eigenvalue weighted by Crippen LogP contribution is 2.37. The van der Waals surface area contributed by atoms with Gasteiger partial charge in [-0.05, 0) is 48.7 Å². The number of hydrogen-bond donors (Lipinski definition) is 1. The summed E-state index contributed by atoms with van der Waals surface area (Å²) in [6.45, 7) is 7.71. The summed E-state index contributed by atoms with van der Waals surface area (Å²) in [6.07, 6.45) is 2.49. The van der Waals surface area contributed by atoms with E-state index in [1.54, 1.807) is 22.9 Å². The molecule has 0 fully saturated rings. The van der Waals surface area contributed by atoms with Crippen LogP contribution in [0.2, 0.25) is 5.02 Å². The zero-order valence-corrected chi connectivity index (χ0v) is 18.2. The number of ether oxygens (including phenoxy) is 1. The van der Waals surface area contributed by atoms with Gasteiger partial charge in [0.15, 0.2) is 5.82 Å². The van der Waals surface area contributed by atoms with E-state index in [9.17, 15) is 4.79 Å². The van der Waals surface area contributed by atoms with Crippen LogP contribution in [-0.2, 0) is 16.0 Å². The maximum Gasteiger partial charge on any atom is 0.338 e. The first-order chi connectivity index (χ1) is 15.0. The van der Waals surface area contributed by atoms with E-state index in [0.717, 1.165) is 17.5 Å². The number of hydrogen-bond acceptors (Lipinski definition) is 5. The zero-order chi connectivity index (χ0) is 22.0. The number of aryl methyl sites for hydroxylation is 1. The van der Waals surface area contributed by atoms with Crippen LogP contribution in [0.3, 0.4) is 0 Å². The van der Waals surface area contributed by atoms with Crippen molar-refractivity contribution in [3.05, 3.63) is 88.6 Å². The number of aromatic nitrogens is 3. The van der Waals surface area contributed by atoms with Gasteiger partial charge in [-0.25, -0.2) is 9.48 Å². The monoisotopic (exact) mass is 434 g/mol. The van der Waals surface area contributed by atoms with E-state index in [1.807, 2.05) is 31.2 Å². The maximum atomic E-state index is 13.0. The highest BCUT2D eigenvalue weighted by molar-refractivity contribution is 6.30. The Morgan fingerprint density at radius 2 is 1.94 bits per heavy atom. The van der Waals surface area contributed by atoms with Crippen LogP contribution in [0.25, 0.3) is 11.4 Å². The van der Waals surface area contributed by atoms with Gasteiger partial charge < -0.3 is 10.1 Å². The molecule has 2 heterocycles. The second kappa shape index (κ2) is 8.78. The number of nitrogens with one attached hydrogen (secondary N) is 1. The third kappa shape index (κ3) is 4.11. The summed E-state index contributed by atoms with van der Waals surface area (Å²) in [6, 6.07) is 15.1. The lowest BCUT2D eigenvalue weighted by Gasteiger charge is -2.28. The lowest BCUT2D eigenvalue weighted by molar-refractivity contribution is -0.138. The van der Waals surface area contributed by atoms with Gasteiger partial charge in [0.2, 0.25) is 5.95 Å². The van der Waals surface area contributed by atoms with Crippen LogP contribution in [0.1, 0.15) is 31.0 Å². The Bertz CT molecular complexity index is 1150. The van der Waals surface area contributed by atoms with E-state index in [4.69, 9.17) is 21.4 Å². The molecule has 0 radical (unpaired) electrons. The van der Waals surface area contributed by atoms with Crippen LogP contribution in [0.5, 0.6) is 0 Å². The fourth-order valence-corrected chi connectivity index (χ4v) is 3.72. The number of nitrogens with zero attached hydrogens (tertiary/aromatic N) is 3. The molecule has 0 aliphatic carbocycles. The quantitative estimate of drug-likeness (QED) is 0.427. The maximum absolute atomic E-state index is 13.0. The predicted octanol–water partition coefficient (Wildman–Crippen LogP) is 5.18. The summed E-state index contributed by atoms with van der Waals surface area (Å²) < 4.78 is 7.12. The molecule has 7 heteroatoms. The topological polar surface area (TPSA) is 69.0 Å². The van der Waals surface area contributed by atoms with Crippen molar-refractivity contribution in [1.29, 1.82) is 0 Å². The number of carbonyl (C=O) groups excluding carboxylic acids is 1. The fraction of sp³-hybridized carbons (Fsp3) is 0.208. The van der Waals surface area contributed by atoms with Crippen LogP contribution in [0.15, 0.2) is 72.5 Å². The summed E-state index contributed by atoms with van der Waals surface area (Å²) in [4.78, 5) is 17.6. The van der Waals surface area contributed by atoms with E-state index in [2.05, 4.69) is 35.9 Å². The lowest BCUT2D eigenvalue weighted by Crippen LogP contribution is -2.29. The smallest absolute Gasteiger partial charge is 0.338 e. The van der Waals surface area contributed by atoms with E-state index in [1.165, 1.54) is 5.56 Å². The summed E-state index contributed by atoms with van der Waals surface area (Å²) in [5.74, 6) is 0.693. The molecule has 1 aliphatic rings. The first-order valence-electron chi connectivity index (χ1n) is 10.1. The molecule has 2 aromatic carbocycles. The van der Waals surface area contributed by atoms with Crippen molar-refractivity contribution in [3.63, 3.8) is 0 Å². The first kappa shape index (κ1) is 20.9. The number of allylic oxidation sites excluding steroid dienone is 1. The summed E-state index contributed by atoms with van der Waals surface area (Å²) in [7, 11) is 0. The molecule has 3 aromatic rings. The summed E-state index contributed by atoms with van der Waals surface area (Å²) >= 11 is 6.02. The first-order valence-corrected chi connectivity index (χ1v) is 10.5. The second-order valence-electron chi connectivity index (χ2n) is 7.26. The van der Waals surface area contributed by atoms with Crippen molar-refractivity contribution < 1.29 is 9.53 Å². The number of halogens is 1. The molecular weight excluding hydrogens is 412 g/mol. The largest absolute Gasteiger partial charge is 0.458 e. The highest BCUT2D eigenvalue weighted by atomic mass is 35.5. The lowest BCUT2D eigenvalue weighted by atomic mass is 9.95. The van der Waals surface area contributed by atoms with Crippen molar-refractivity contribution in [1.82, 2.24) is 14.8 Å². The summed E-state index contributed by atoms with van der Waals surface area (Å²) in [5, 5.41) is 8.59. The van der Waals surface area contributed by atoms with E-state index in [0.29, 0.717) is 28.1 Å². The van der Waals surface area contributed by atoms with Crippen molar-refractivity contribution in [2.24, 2.45) is 0 Å². The van der Waals surface area contributed by atoms with E-state index < -0.39 is 12.0 Å². The molecule has 31 heavy (non-hydrogen) atoms. The minimum atomic E-state index is -0.465. The molecular formula is C24H23ClN4O2. The van der Waals surface area contributed by atoms with Gasteiger partial charge in [0.1, 0.15) is 12.6 Å². The van der Waals surface area contributed by atoms with Crippen molar-refractivity contribution >= 4 is 23.5 Å². The molecule has 1 aromatic heterocycles. The van der Waals surface area contributed by atoms with Crippen molar-refractivity contribution in [3.8, 4) is 11.4 Å². The molecule has 6 nitrogen and oxygen atoms in total. The van der Waals surface area contributed by atoms with Gasteiger partial charge in [-0.15, -0.1) is 5.10 Å². The molecule has 0 bridgehead atoms. The Morgan fingerprint density at radius 1 is 1.23 bits per heavy atom. The van der Waals surface area contributed by atoms with Crippen molar-refractivity contribution in [2.45, 2.75) is 26.3 Å². The van der Waals surface area contributed by atoms with Crippen LogP contribution < -0.4 is 5.32 Å². The van der Waals surface area contributed by atoms with Gasteiger partial charge in [-0.2, -0.15) is 4.98 Å². The average Bonchev–Trinajstić information content (AvgIpc) is 3.20. The standard InChI is InChI=1S/C24H23ClN4O2/c1-4-14-31-23(30)20-15(3)26-24-27-22(18-10-12-19(25)13-11-18)28-29(24)21(20)17-8-6-16(5-2)7-9-17/h4,6-13,21H,1,5,14H2,2-3H3,(H,26,27,28). The van der Waals surface area contributed by atoms with Crippen LogP contribution in [-0.4, -0.2) is 27.3 Å². The highest BCUT2D eigenvalue weighted by Gasteiger charge is 2.35. The summed E-state index contributed by atoms with van der Waals surface area (Å²) in [5.41, 5.74) is 4.15. The molecule has 158 valence electrons. The molecule has 0 saturated heterocycles. The van der Waals surface area contributed by atoms with Crippen molar-refractivity contribution in [2.75, 3.05) is 11.9 Å². The predicted molar refractivity (Wildman–Crippen MR) is 122 cm³/mol. The molecule has 1 unspecified atom stereocenters. The van der Waals surface area contributed by atoms with Crippen LogP contribution in [0.4, 0.5) is 5.95 Å². The number of rotatable bonds is 6. The molecule has 0 spiro atoms. The number of esters is 1. The Labute approximate surface area is 186 Å². The van der Waals surface area contributed by atoms with Gasteiger partial charge in [0, 0.05) is 16.3 Å². The zero-order valence-electron chi connectivity index (χ0n) is 17.4.